The van der Waals surface area contributed by atoms with Crippen molar-refractivity contribution in [2.75, 3.05) is 37.8 Å². The Morgan fingerprint density at radius 2 is 2.03 bits per heavy atom. The van der Waals surface area contributed by atoms with Crippen LogP contribution in [0.5, 0.6) is 5.75 Å². The smallest absolute Gasteiger partial charge is 0.229 e. The molecule has 1 aliphatic carbocycles. The number of anilines is 3. The van der Waals surface area contributed by atoms with Crippen LogP contribution in [-0.4, -0.2) is 66.9 Å². The van der Waals surface area contributed by atoms with E-state index in [1.165, 1.54) is 31.8 Å². The van der Waals surface area contributed by atoms with Crippen molar-refractivity contribution in [3.63, 3.8) is 0 Å². The van der Waals surface area contributed by atoms with Crippen LogP contribution in [0.15, 0.2) is 30.2 Å². The van der Waals surface area contributed by atoms with E-state index in [1.54, 1.807) is 7.05 Å². The molecule has 2 fully saturated rings. The van der Waals surface area contributed by atoms with Crippen molar-refractivity contribution >= 4 is 43.9 Å². The predicted molar refractivity (Wildman–Crippen MR) is 153 cm³/mol. The summed E-state index contributed by atoms with van der Waals surface area (Å²) in [5.74, 6) is 1.65. The number of aryl methyl sites for hydroxylation is 1. The lowest BCUT2D eigenvalue weighted by Crippen LogP contribution is -2.28. The van der Waals surface area contributed by atoms with Crippen LogP contribution in [0.25, 0.3) is 0 Å². The van der Waals surface area contributed by atoms with Gasteiger partial charge in [0.1, 0.15) is 10.8 Å². The molecule has 38 heavy (non-hydrogen) atoms. The summed E-state index contributed by atoms with van der Waals surface area (Å²) in [6.07, 6.45) is 6.21. The lowest BCUT2D eigenvalue weighted by atomic mass is 9.93. The highest BCUT2D eigenvalue weighted by molar-refractivity contribution is 8.07. The number of likely N-dealkylation sites (tertiary alicyclic amines) is 1. The molecular weight excluding hydrogens is 526 g/mol. The zero-order valence-electron chi connectivity index (χ0n) is 22.4. The second-order valence-corrected chi connectivity index (χ2v) is 13.0. The SMILES string of the molecule is CN/C=C(/Nc1nc(Nc2cc(C)c(C3CCN(C)C3)cc2OC2CC2)ncc1Cl)C(=N)S(=O)(=O)C(C)C. The third-order valence-electron chi connectivity index (χ3n) is 6.70. The highest BCUT2D eigenvalue weighted by Crippen LogP contribution is 2.39. The standard InChI is InChI=1S/C26H36ClN7O3S/c1-15(2)38(35,36)24(28)22(13-29-4)31-25-20(27)12-30-26(33-25)32-21-10-16(3)19(17-8-9-34(5)14-17)11-23(21)37-18-6-7-18/h10-13,15,17-18,28-29H,6-9,14H2,1-5H3,(H2,30,31,32,33)/b22-13+,28-24?. The Bertz CT molecular complexity index is 1340. The molecule has 0 bridgehead atoms. The van der Waals surface area contributed by atoms with Crippen molar-refractivity contribution in [3.05, 3.63) is 46.4 Å². The maximum absolute atomic E-state index is 12.6. The zero-order chi connectivity index (χ0) is 27.6. The number of halogens is 1. The number of ether oxygens (including phenoxy) is 1. The minimum atomic E-state index is -3.83. The van der Waals surface area contributed by atoms with E-state index in [2.05, 4.69) is 56.9 Å². The van der Waals surface area contributed by atoms with E-state index in [1.807, 2.05) is 0 Å². The van der Waals surface area contributed by atoms with Crippen molar-refractivity contribution in [2.24, 2.45) is 0 Å². The van der Waals surface area contributed by atoms with Crippen LogP contribution < -0.4 is 20.7 Å². The largest absolute Gasteiger partial charge is 0.488 e. The molecule has 1 saturated carbocycles. The van der Waals surface area contributed by atoms with Crippen LogP contribution in [0.1, 0.15) is 50.2 Å². The normalized spacial score (nSPS) is 18.5. The Balaban J connectivity index is 1.62. The molecule has 10 nitrogen and oxygen atoms in total. The molecule has 1 saturated heterocycles. The fraction of sp³-hybridized carbons (Fsp3) is 0.500. The van der Waals surface area contributed by atoms with Gasteiger partial charge in [0.15, 0.2) is 20.7 Å². The molecule has 1 aromatic heterocycles. The Morgan fingerprint density at radius 3 is 2.63 bits per heavy atom. The summed E-state index contributed by atoms with van der Waals surface area (Å²) >= 11 is 6.35. The van der Waals surface area contributed by atoms with Gasteiger partial charge in [-0.3, -0.25) is 5.41 Å². The highest BCUT2D eigenvalue weighted by Gasteiger charge is 2.29. The van der Waals surface area contributed by atoms with Crippen molar-refractivity contribution in [1.82, 2.24) is 20.2 Å². The first kappa shape index (κ1) is 28.1. The molecule has 2 aromatic rings. The molecule has 1 atom stereocenters. The molecule has 1 aromatic carbocycles. The molecular formula is C26H36ClN7O3S. The number of likely N-dealkylation sites (N-methyl/N-ethyl adjacent to an activating group) is 1. The minimum absolute atomic E-state index is 0.0206. The third kappa shape index (κ3) is 6.39. The summed E-state index contributed by atoms with van der Waals surface area (Å²) in [5.41, 5.74) is 3.22. The number of rotatable bonds is 10. The van der Waals surface area contributed by atoms with Gasteiger partial charge in [-0.05, 0) is 82.8 Å². The van der Waals surface area contributed by atoms with E-state index >= 15 is 0 Å². The van der Waals surface area contributed by atoms with Crippen LogP contribution >= 0.6 is 11.6 Å². The Labute approximate surface area is 229 Å². The molecule has 2 aliphatic rings. The van der Waals surface area contributed by atoms with Crippen LogP contribution in [0.3, 0.4) is 0 Å². The first-order chi connectivity index (χ1) is 18.0. The van der Waals surface area contributed by atoms with Gasteiger partial charge in [-0.2, -0.15) is 4.98 Å². The Morgan fingerprint density at radius 1 is 1.29 bits per heavy atom. The third-order valence-corrected chi connectivity index (χ3v) is 9.01. The van der Waals surface area contributed by atoms with Gasteiger partial charge in [-0.1, -0.05) is 11.6 Å². The van der Waals surface area contributed by atoms with Gasteiger partial charge in [0, 0.05) is 19.8 Å². The molecule has 12 heteroatoms. The fourth-order valence-electron chi connectivity index (χ4n) is 4.35. The van der Waals surface area contributed by atoms with Crippen molar-refractivity contribution < 1.29 is 13.2 Å². The Kier molecular flexibility index (Phi) is 8.49. The first-order valence-corrected chi connectivity index (χ1v) is 14.7. The van der Waals surface area contributed by atoms with E-state index < -0.39 is 20.1 Å². The number of aromatic nitrogens is 2. The lowest BCUT2D eigenvalue weighted by Gasteiger charge is -2.20. The van der Waals surface area contributed by atoms with E-state index in [0.29, 0.717) is 5.92 Å². The summed E-state index contributed by atoms with van der Waals surface area (Å²) in [7, 11) is -0.0701. The van der Waals surface area contributed by atoms with Crippen molar-refractivity contribution in [3.8, 4) is 5.75 Å². The monoisotopic (exact) mass is 561 g/mol. The Hall–Kier alpha value is -2.89. The number of nitrogens with one attached hydrogen (secondary N) is 4. The maximum atomic E-state index is 12.6. The average Bonchev–Trinajstić information content (AvgIpc) is 3.58. The average molecular weight is 562 g/mol. The molecule has 4 rings (SSSR count). The summed E-state index contributed by atoms with van der Waals surface area (Å²) in [4.78, 5) is 11.2. The van der Waals surface area contributed by atoms with E-state index in [9.17, 15) is 8.42 Å². The van der Waals surface area contributed by atoms with Gasteiger partial charge in [0.2, 0.25) is 5.95 Å². The van der Waals surface area contributed by atoms with E-state index in [-0.39, 0.29) is 28.6 Å². The van der Waals surface area contributed by atoms with Crippen molar-refractivity contribution in [1.29, 1.82) is 5.41 Å². The number of nitrogens with zero attached hydrogens (tertiary/aromatic N) is 3. The second-order valence-electron chi connectivity index (χ2n) is 10.2. The maximum Gasteiger partial charge on any atom is 0.229 e. The summed E-state index contributed by atoms with van der Waals surface area (Å²) in [5, 5.41) is 16.1. The predicted octanol–water partition coefficient (Wildman–Crippen LogP) is 4.42. The summed E-state index contributed by atoms with van der Waals surface area (Å²) in [6, 6.07) is 4.20. The lowest BCUT2D eigenvalue weighted by molar-refractivity contribution is 0.304. The molecule has 0 amide bonds. The number of sulfone groups is 1. The van der Waals surface area contributed by atoms with Crippen LogP contribution in [0.2, 0.25) is 5.02 Å². The molecule has 1 aliphatic heterocycles. The zero-order valence-corrected chi connectivity index (χ0v) is 24.0. The van der Waals surface area contributed by atoms with Crippen LogP contribution in [0.4, 0.5) is 17.5 Å². The van der Waals surface area contributed by atoms with E-state index in [0.717, 1.165) is 49.4 Å². The number of benzene rings is 1. The van der Waals surface area contributed by atoms with Gasteiger partial charge in [-0.25, -0.2) is 13.4 Å². The first-order valence-electron chi connectivity index (χ1n) is 12.8. The van der Waals surface area contributed by atoms with Crippen LogP contribution in [0, 0.1) is 12.3 Å². The molecule has 206 valence electrons. The van der Waals surface area contributed by atoms with Gasteiger partial charge in [0.05, 0.1) is 28.9 Å². The summed E-state index contributed by atoms with van der Waals surface area (Å²) < 4.78 is 31.5. The molecule has 4 N–H and O–H groups in total. The number of hydrogen-bond donors (Lipinski definition) is 4. The minimum Gasteiger partial charge on any atom is -0.488 e. The van der Waals surface area contributed by atoms with Gasteiger partial charge in [-0.15, -0.1) is 0 Å². The fourth-order valence-corrected chi connectivity index (χ4v) is 5.37. The van der Waals surface area contributed by atoms with Crippen LogP contribution in [-0.2, 0) is 9.84 Å². The molecule has 1 unspecified atom stereocenters. The van der Waals surface area contributed by atoms with Gasteiger partial charge < -0.3 is 25.6 Å². The molecule has 0 spiro atoms. The quantitative estimate of drug-likeness (QED) is 0.246. The highest BCUT2D eigenvalue weighted by atomic mass is 35.5. The van der Waals surface area contributed by atoms with Gasteiger partial charge >= 0.3 is 0 Å². The molecule has 0 radical (unpaired) electrons. The molecule has 2 heterocycles. The number of hydrogen-bond acceptors (Lipinski definition) is 10. The topological polar surface area (TPSA) is 132 Å². The summed E-state index contributed by atoms with van der Waals surface area (Å²) in [6.45, 7) is 7.26. The second kappa shape index (κ2) is 11.5. The van der Waals surface area contributed by atoms with Gasteiger partial charge in [0.25, 0.3) is 0 Å². The van der Waals surface area contributed by atoms with Crippen molar-refractivity contribution in [2.45, 2.75) is 57.3 Å². The van der Waals surface area contributed by atoms with E-state index in [4.69, 9.17) is 21.7 Å².